The lowest BCUT2D eigenvalue weighted by molar-refractivity contribution is -0.121. The number of nitrogens with one attached hydrogen (secondary N) is 2. The summed E-state index contributed by atoms with van der Waals surface area (Å²) in [5.74, 6) is -1.22. The zero-order chi connectivity index (χ0) is 28.0. The second-order valence-electron chi connectivity index (χ2n) is 9.80. The molecule has 12 nitrogen and oxygen atoms in total. The maximum atomic E-state index is 13.4. The number of aromatic nitrogens is 4. The zero-order valence-electron chi connectivity index (χ0n) is 21.4. The van der Waals surface area contributed by atoms with Gasteiger partial charge in [0.15, 0.2) is 5.78 Å². The van der Waals surface area contributed by atoms with Crippen LogP contribution >= 0.6 is 0 Å². The minimum atomic E-state index is -0.986. The van der Waals surface area contributed by atoms with Gasteiger partial charge >= 0.3 is 5.97 Å². The summed E-state index contributed by atoms with van der Waals surface area (Å²) in [7, 11) is 0. The second kappa shape index (κ2) is 9.88. The van der Waals surface area contributed by atoms with Crippen molar-refractivity contribution in [2.24, 2.45) is 0 Å². The highest BCUT2D eigenvalue weighted by molar-refractivity contribution is 5.98. The molecule has 4 aromatic rings. The molecule has 12 heteroatoms. The number of rotatable bonds is 6. The Bertz CT molecular complexity index is 1730. The first-order valence-electron chi connectivity index (χ1n) is 12.7. The molecule has 202 valence electrons. The Morgan fingerprint density at radius 2 is 2.00 bits per heavy atom. The molecule has 1 atom stereocenters. The number of amides is 2. The molecule has 0 bridgehead atoms. The first-order chi connectivity index (χ1) is 19.3. The fraction of sp³-hybridized carbons (Fsp3) is 0.250. The van der Waals surface area contributed by atoms with E-state index >= 15 is 0 Å². The fourth-order valence-electron chi connectivity index (χ4n) is 5.30. The first-order valence-corrected chi connectivity index (χ1v) is 12.7. The van der Waals surface area contributed by atoms with Crippen molar-refractivity contribution in [3.8, 4) is 5.75 Å². The van der Waals surface area contributed by atoms with E-state index in [2.05, 4.69) is 25.7 Å². The number of benzene rings is 2. The number of nitrogens with zero attached hydrogens (tertiary/aromatic N) is 4. The SMILES string of the molecule is Cc1c(C(=O)O)ccc2c1CC[C@@H]2NC(=O)c1cc(C(=O)NCc2ccc3c(c2)CC(=O)CO3)nc2ncnn12. The van der Waals surface area contributed by atoms with Gasteiger partial charge in [0.05, 0.1) is 11.6 Å². The average molecular weight is 541 g/mol. The van der Waals surface area contributed by atoms with Crippen LogP contribution in [0.5, 0.6) is 5.75 Å². The summed E-state index contributed by atoms with van der Waals surface area (Å²) in [4.78, 5) is 58.0. The second-order valence-corrected chi connectivity index (χ2v) is 9.80. The lowest BCUT2D eigenvalue weighted by Crippen LogP contribution is -2.31. The first kappa shape index (κ1) is 25.2. The minimum absolute atomic E-state index is 0.00381. The number of carbonyl (C=O) groups excluding carboxylic acids is 3. The highest BCUT2D eigenvalue weighted by Gasteiger charge is 2.29. The number of ketones is 1. The Morgan fingerprint density at radius 1 is 1.15 bits per heavy atom. The van der Waals surface area contributed by atoms with Crippen LogP contribution in [-0.2, 0) is 24.2 Å². The molecule has 2 aliphatic rings. The molecule has 2 aromatic heterocycles. The van der Waals surface area contributed by atoms with E-state index in [0.29, 0.717) is 24.2 Å². The van der Waals surface area contributed by atoms with Crippen LogP contribution in [0.1, 0.15) is 71.6 Å². The van der Waals surface area contributed by atoms with Crippen LogP contribution < -0.4 is 15.4 Å². The van der Waals surface area contributed by atoms with Crippen LogP contribution in [0, 0.1) is 6.92 Å². The molecule has 6 rings (SSSR count). The molecule has 3 heterocycles. The van der Waals surface area contributed by atoms with Crippen LogP contribution in [0.15, 0.2) is 42.7 Å². The Morgan fingerprint density at radius 3 is 2.83 bits per heavy atom. The smallest absolute Gasteiger partial charge is 0.335 e. The normalized spacial score (nSPS) is 15.7. The van der Waals surface area contributed by atoms with Crippen molar-refractivity contribution in [2.75, 3.05) is 6.61 Å². The molecule has 0 spiro atoms. The number of hydrogen-bond acceptors (Lipinski definition) is 8. The summed E-state index contributed by atoms with van der Waals surface area (Å²) < 4.78 is 6.68. The van der Waals surface area contributed by atoms with Gasteiger partial charge in [0.1, 0.15) is 30.1 Å². The van der Waals surface area contributed by atoms with Crippen LogP contribution in [0.2, 0.25) is 0 Å². The van der Waals surface area contributed by atoms with Crippen molar-refractivity contribution in [3.63, 3.8) is 0 Å². The molecule has 40 heavy (non-hydrogen) atoms. The van der Waals surface area contributed by atoms with Gasteiger partial charge in [0.2, 0.25) is 0 Å². The third-order valence-electron chi connectivity index (χ3n) is 7.30. The van der Waals surface area contributed by atoms with Crippen molar-refractivity contribution >= 4 is 29.3 Å². The maximum absolute atomic E-state index is 13.4. The predicted molar refractivity (Wildman–Crippen MR) is 139 cm³/mol. The Balaban J connectivity index is 1.21. The molecule has 3 N–H and O–H groups in total. The maximum Gasteiger partial charge on any atom is 0.335 e. The largest absolute Gasteiger partial charge is 0.486 e. The van der Waals surface area contributed by atoms with E-state index in [4.69, 9.17) is 4.74 Å². The van der Waals surface area contributed by atoms with Crippen LogP contribution in [0.25, 0.3) is 5.78 Å². The predicted octanol–water partition coefficient (Wildman–Crippen LogP) is 1.98. The monoisotopic (exact) mass is 540 g/mol. The van der Waals surface area contributed by atoms with Crippen LogP contribution in [0.3, 0.4) is 0 Å². The van der Waals surface area contributed by atoms with Gasteiger partial charge in [-0.05, 0) is 60.2 Å². The number of hydrogen-bond donors (Lipinski definition) is 3. The quantitative estimate of drug-likeness (QED) is 0.332. The van der Waals surface area contributed by atoms with Gasteiger partial charge in [-0.2, -0.15) is 14.6 Å². The third kappa shape index (κ3) is 4.53. The van der Waals surface area contributed by atoms with Crippen molar-refractivity contribution in [1.29, 1.82) is 0 Å². The van der Waals surface area contributed by atoms with Gasteiger partial charge in [0, 0.05) is 24.6 Å². The summed E-state index contributed by atoms with van der Waals surface area (Å²) in [6.45, 7) is 2.02. The van der Waals surface area contributed by atoms with E-state index in [1.165, 1.54) is 16.9 Å². The fourth-order valence-corrected chi connectivity index (χ4v) is 5.30. The Hall–Kier alpha value is -5.13. The summed E-state index contributed by atoms with van der Waals surface area (Å²) in [6.07, 6.45) is 2.78. The van der Waals surface area contributed by atoms with Crippen LogP contribution in [-0.4, -0.2) is 54.9 Å². The number of fused-ring (bicyclic) bond motifs is 3. The number of Topliss-reactive ketones (excluding diaryl/α,β-unsaturated/α-hetero) is 1. The highest BCUT2D eigenvalue weighted by Crippen LogP contribution is 2.35. The zero-order valence-corrected chi connectivity index (χ0v) is 21.4. The van der Waals surface area contributed by atoms with Crippen molar-refractivity contribution < 1.29 is 29.0 Å². The number of carboxylic acids is 1. The topological polar surface area (TPSA) is 165 Å². The molecule has 0 saturated carbocycles. The summed E-state index contributed by atoms with van der Waals surface area (Å²) in [5.41, 5.74) is 4.37. The van der Waals surface area contributed by atoms with Crippen molar-refractivity contribution in [2.45, 2.75) is 38.8 Å². The molecule has 0 radical (unpaired) electrons. The molecular formula is C28H24N6O6. The average Bonchev–Trinajstić information content (AvgIpc) is 3.58. The molecular weight excluding hydrogens is 516 g/mol. The molecule has 1 aliphatic heterocycles. The summed E-state index contributed by atoms with van der Waals surface area (Å²) in [6, 6.07) is 9.73. The van der Waals surface area contributed by atoms with Gasteiger partial charge < -0.3 is 20.5 Å². The number of ether oxygens (including phenoxy) is 1. The van der Waals surface area contributed by atoms with E-state index in [1.54, 1.807) is 25.1 Å². The molecule has 2 aromatic carbocycles. The molecule has 0 fully saturated rings. The van der Waals surface area contributed by atoms with Crippen LogP contribution in [0.4, 0.5) is 0 Å². The Kier molecular flexibility index (Phi) is 6.21. The number of carboxylic acid groups (broad SMARTS) is 1. The lowest BCUT2D eigenvalue weighted by Gasteiger charge is -2.17. The highest BCUT2D eigenvalue weighted by atomic mass is 16.5. The van der Waals surface area contributed by atoms with E-state index in [0.717, 1.165) is 22.3 Å². The van der Waals surface area contributed by atoms with Crippen molar-refractivity contribution in [1.82, 2.24) is 30.2 Å². The van der Waals surface area contributed by atoms with Gasteiger partial charge in [0.25, 0.3) is 17.6 Å². The lowest BCUT2D eigenvalue weighted by atomic mass is 9.98. The molecule has 1 aliphatic carbocycles. The molecule has 0 saturated heterocycles. The number of carbonyl (C=O) groups is 4. The number of aromatic carboxylic acids is 1. The van der Waals surface area contributed by atoms with E-state index in [-0.39, 0.29) is 54.1 Å². The standard InChI is InChI=1S/C28H24N6O6/c1-14-18-5-6-21(20(18)4-3-19(14)27(38)39)32-26(37)23-10-22(33-28-30-13-31-34(23)28)25(36)29-11-15-2-7-24-16(8-15)9-17(35)12-40-24/h2-4,7-8,10,13,21H,5-6,9,11-12H2,1H3,(H,29,36)(H,32,37)(H,38,39)/t21-/m0/s1. The van der Waals surface area contributed by atoms with Gasteiger partial charge in [-0.1, -0.05) is 12.1 Å². The summed E-state index contributed by atoms with van der Waals surface area (Å²) in [5, 5.41) is 19.3. The van der Waals surface area contributed by atoms with Crippen molar-refractivity contribution in [3.05, 3.63) is 87.5 Å². The molecule has 2 amide bonds. The summed E-state index contributed by atoms with van der Waals surface area (Å²) >= 11 is 0. The van der Waals surface area contributed by atoms with Gasteiger partial charge in [-0.15, -0.1) is 0 Å². The molecule has 0 unspecified atom stereocenters. The van der Waals surface area contributed by atoms with E-state index in [9.17, 15) is 24.3 Å². The van der Waals surface area contributed by atoms with E-state index in [1.807, 2.05) is 12.1 Å². The van der Waals surface area contributed by atoms with Gasteiger partial charge in [-0.3, -0.25) is 14.4 Å². The minimum Gasteiger partial charge on any atom is -0.486 e. The van der Waals surface area contributed by atoms with E-state index < -0.39 is 17.8 Å². The third-order valence-corrected chi connectivity index (χ3v) is 7.30. The van der Waals surface area contributed by atoms with Gasteiger partial charge in [-0.25, -0.2) is 9.78 Å². The Labute approximate surface area is 227 Å².